The maximum Gasteiger partial charge on any atom is 0.344 e. The van der Waals surface area contributed by atoms with E-state index in [1.807, 2.05) is 27.7 Å². The lowest BCUT2D eigenvalue weighted by molar-refractivity contribution is -0.184. The Kier molecular flexibility index (Phi) is 7.64. The van der Waals surface area contributed by atoms with Crippen LogP contribution >= 0.6 is 0 Å². The molecular weight excluding hydrogens is 452 g/mol. The van der Waals surface area contributed by atoms with Crippen molar-refractivity contribution >= 4 is 23.9 Å². The van der Waals surface area contributed by atoms with Crippen LogP contribution in [0.5, 0.6) is 0 Å². The van der Waals surface area contributed by atoms with E-state index < -0.39 is 42.1 Å². The standard InChI is InChI=1S/C27H42O8/c1-8-27(25(5,6)7,16-24(2,3)4)23(31)33-14-20(28)32-15-21(29)35-26-11-17-9-18(12-26)22(30)34-19(10-17)13-26/h17-19H,8-16H2,1-7H3. The summed E-state index contributed by atoms with van der Waals surface area (Å²) in [4.78, 5) is 50.2. The molecule has 8 nitrogen and oxygen atoms in total. The molecule has 4 fully saturated rings. The van der Waals surface area contributed by atoms with Crippen molar-refractivity contribution in [2.45, 2.75) is 105 Å². The van der Waals surface area contributed by atoms with Crippen molar-refractivity contribution in [1.29, 1.82) is 0 Å². The molecule has 0 aromatic heterocycles. The Hall–Kier alpha value is -2.12. The molecule has 2 aliphatic carbocycles. The van der Waals surface area contributed by atoms with Crippen LogP contribution in [0.2, 0.25) is 0 Å². The zero-order valence-corrected chi connectivity index (χ0v) is 22.4. The van der Waals surface area contributed by atoms with Crippen molar-refractivity contribution in [1.82, 2.24) is 0 Å². The van der Waals surface area contributed by atoms with Gasteiger partial charge in [-0.1, -0.05) is 48.5 Å². The predicted molar refractivity (Wildman–Crippen MR) is 127 cm³/mol. The molecule has 35 heavy (non-hydrogen) atoms. The molecule has 0 spiro atoms. The molecule has 0 radical (unpaired) electrons. The summed E-state index contributed by atoms with van der Waals surface area (Å²) in [5.41, 5.74) is -1.99. The minimum absolute atomic E-state index is 0.113. The molecule has 5 atom stereocenters. The average Bonchev–Trinajstić information content (AvgIpc) is 2.87. The van der Waals surface area contributed by atoms with E-state index in [0.717, 1.165) is 12.8 Å². The Morgan fingerprint density at radius 3 is 2.20 bits per heavy atom. The summed E-state index contributed by atoms with van der Waals surface area (Å²) in [5, 5.41) is 0. The monoisotopic (exact) mass is 494 g/mol. The molecular formula is C27H42O8. The van der Waals surface area contributed by atoms with Crippen LogP contribution in [0.4, 0.5) is 0 Å². The van der Waals surface area contributed by atoms with Crippen molar-refractivity contribution in [3.05, 3.63) is 0 Å². The minimum atomic E-state index is -0.800. The van der Waals surface area contributed by atoms with E-state index in [-0.39, 0.29) is 28.8 Å². The lowest BCUT2D eigenvalue weighted by atomic mass is 9.59. The Morgan fingerprint density at radius 1 is 0.943 bits per heavy atom. The molecule has 2 saturated heterocycles. The highest BCUT2D eigenvalue weighted by Gasteiger charge is 2.55. The lowest BCUT2D eigenvalue weighted by Gasteiger charge is -2.45. The molecule has 0 aromatic rings. The SMILES string of the molecule is CCC(CC(C)(C)C)(C(=O)OCC(=O)OCC(=O)OC12CC3CC(C1)OC(=O)C(C3)C2)C(C)(C)C. The van der Waals surface area contributed by atoms with Crippen molar-refractivity contribution in [3.8, 4) is 0 Å². The fraction of sp³-hybridized carbons (Fsp3) is 0.852. The highest BCUT2D eigenvalue weighted by molar-refractivity contribution is 5.82. The van der Waals surface area contributed by atoms with Gasteiger partial charge in [0.05, 0.1) is 11.3 Å². The zero-order valence-electron chi connectivity index (χ0n) is 22.4. The van der Waals surface area contributed by atoms with Gasteiger partial charge < -0.3 is 18.9 Å². The number of hydrogen-bond acceptors (Lipinski definition) is 8. The van der Waals surface area contributed by atoms with Gasteiger partial charge in [0, 0.05) is 12.8 Å². The van der Waals surface area contributed by atoms with Crippen molar-refractivity contribution < 1.29 is 38.1 Å². The quantitative estimate of drug-likeness (QED) is 0.362. The van der Waals surface area contributed by atoms with E-state index in [1.54, 1.807) is 0 Å². The molecule has 2 aliphatic heterocycles. The summed E-state index contributed by atoms with van der Waals surface area (Å²) in [5.74, 6) is -2.05. The van der Waals surface area contributed by atoms with E-state index in [2.05, 4.69) is 20.8 Å². The smallest absolute Gasteiger partial charge is 0.344 e. The van der Waals surface area contributed by atoms with Crippen LogP contribution in [0.3, 0.4) is 0 Å². The van der Waals surface area contributed by atoms with Crippen LogP contribution in [0.25, 0.3) is 0 Å². The van der Waals surface area contributed by atoms with Gasteiger partial charge in [0.25, 0.3) is 0 Å². The zero-order chi connectivity index (χ0) is 26.2. The first-order chi connectivity index (χ1) is 16.1. The van der Waals surface area contributed by atoms with Crippen molar-refractivity contribution in [2.75, 3.05) is 13.2 Å². The summed E-state index contributed by atoms with van der Waals surface area (Å²) in [6.45, 7) is 13.1. The first-order valence-corrected chi connectivity index (χ1v) is 12.8. The summed E-state index contributed by atoms with van der Waals surface area (Å²) < 4.78 is 21.8. The summed E-state index contributed by atoms with van der Waals surface area (Å²) in [7, 11) is 0. The number of fused-ring (bicyclic) bond motifs is 1. The molecule has 4 rings (SSSR count). The fourth-order valence-electron chi connectivity index (χ4n) is 6.56. The van der Waals surface area contributed by atoms with Crippen LogP contribution in [0, 0.1) is 28.1 Å². The summed E-state index contributed by atoms with van der Waals surface area (Å²) in [6.07, 6.45) is 4.19. The summed E-state index contributed by atoms with van der Waals surface area (Å²) >= 11 is 0. The van der Waals surface area contributed by atoms with Crippen molar-refractivity contribution in [3.63, 3.8) is 0 Å². The molecule has 2 heterocycles. The second kappa shape index (κ2) is 9.74. The topological polar surface area (TPSA) is 105 Å². The number of ether oxygens (including phenoxy) is 4. The Balaban J connectivity index is 1.52. The second-order valence-electron chi connectivity index (χ2n) is 13.0. The predicted octanol–water partition coefficient (Wildman–Crippen LogP) is 4.37. The molecule has 8 heteroatoms. The minimum Gasteiger partial charge on any atom is -0.462 e. The molecule has 2 saturated carbocycles. The average molecular weight is 495 g/mol. The van der Waals surface area contributed by atoms with Gasteiger partial charge in [0.1, 0.15) is 11.7 Å². The molecule has 198 valence electrons. The summed E-state index contributed by atoms with van der Waals surface area (Å²) in [6, 6.07) is 0. The van der Waals surface area contributed by atoms with Gasteiger partial charge in [0.15, 0.2) is 13.2 Å². The normalized spacial score (nSPS) is 29.6. The van der Waals surface area contributed by atoms with Gasteiger partial charge in [-0.2, -0.15) is 0 Å². The van der Waals surface area contributed by atoms with Crippen molar-refractivity contribution in [2.24, 2.45) is 28.1 Å². The van der Waals surface area contributed by atoms with E-state index in [4.69, 9.17) is 18.9 Å². The second-order valence-corrected chi connectivity index (χ2v) is 13.0. The first kappa shape index (κ1) is 27.5. The van der Waals surface area contributed by atoms with Gasteiger partial charge in [-0.05, 0) is 48.9 Å². The third-order valence-corrected chi connectivity index (χ3v) is 7.97. The van der Waals surface area contributed by atoms with E-state index >= 15 is 0 Å². The molecule has 0 amide bonds. The van der Waals surface area contributed by atoms with Gasteiger partial charge in [-0.3, -0.25) is 9.59 Å². The fourth-order valence-corrected chi connectivity index (χ4v) is 6.56. The maximum atomic E-state index is 13.2. The third kappa shape index (κ3) is 6.18. The lowest BCUT2D eigenvalue weighted by Crippen LogP contribution is -2.48. The number of carbonyl (C=O) groups is 4. The van der Waals surface area contributed by atoms with Crippen LogP contribution in [-0.2, 0) is 38.1 Å². The molecule has 4 bridgehead atoms. The molecule has 0 N–H and O–H groups in total. The number of hydrogen-bond donors (Lipinski definition) is 0. The molecule has 5 unspecified atom stereocenters. The Bertz CT molecular complexity index is 850. The van der Waals surface area contributed by atoms with Gasteiger partial charge in [-0.15, -0.1) is 0 Å². The van der Waals surface area contributed by atoms with Crippen LogP contribution in [-0.4, -0.2) is 48.8 Å². The van der Waals surface area contributed by atoms with Gasteiger partial charge in [-0.25, -0.2) is 9.59 Å². The van der Waals surface area contributed by atoms with Gasteiger partial charge in [0.2, 0.25) is 0 Å². The highest BCUT2D eigenvalue weighted by atomic mass is 16.6. The van der Waals surface area contributed by atoms with Crippen LogP contribution in [0.15, 0.2) is 0 Å². The maximum absolute atomic E-state index is 13.2. The van der Waals surface area contributed by atoms with E-state index in [9.17, 15) is 19.2 Å². The van der Waals surface area contributed by atoms with E-state index in [0.29, 0.717) is 38.0 Å². The number of carbonyl (C=O) groups excluding carboxylic acids is 4. The number of esters is 4. The Labute approximate surface area is 208 Å². The van der Waals surface area contributed by atoms with E-state index in [1.165, 1.54) is 0 Å². The van der Waals surface area contributed by atoms with Crippen LogP contribution in [0.1, 0.15) is 93.4 Å². The first-order valence-electron chi connectivity index (χ1n) is 12.8. The van der Waals surface area contributed by atoms with Crippen LogP contribution < -0.4 is 0 Å². The number of rotatable bonds is 8. The third-order valence-electron chi connectivity index (χ3n) is 7.97. The molecule has 4 aliphatic rings. The largest absolute Gasteiger partial charge is 0.462 e. The Morgan fingerprint density at radius 2 is 1.60 bits per heavy atom. The molecule has 0 aromatic carbocycles. The highest BCUT2D eigenvalue weighted by Crippen LogP contribution is 2.52. The van der Waals surface area contributed by atoms with Gasteiger partial charge >= 0.3 is 23.9 Å².